The third-order valence-electron chi connectivity index (χ3n) is 4.34. The zero-order valence-corrected chi connectivity index (χ0v) is 15.6. The van der Waals surface area contributed by atoms with E-state index in [4.69, 9.17) is 10.7 Å². The highest BCUT2D eigenvalue weighted by atomic mass is 32.1. The molecule has 0 bridgehead atoms. The van der Waals surface area contributed by atoms with Gasteiger partial charge >= 0.3 is 0 Å². The second kappa shape index (κ2) is 6.61. The summed E-state index contributed by atoms with van der Waals surface area (Å²) < 4.78 is 1.20. The van der Waals surface area contributed by atoms with E-state index in [1.54, 1.807) is 11.3 Å². The Bertz CT molecular complexity index is 886. The number of thiazole rings is 2. The second-order valence-corrected chi connectivity index (χ2v) is 8.10. The molecule has 1 amide bonds. The van der Waals surface area contributed by atoms with Crippen molar-refractivity contribution in [3.05, 3.63) is 34.8 Å². The predicted molar refractivity (Wildman–Crippen MR) is 104 cm³/mol. The number of amides is 1. The van der Waals surface area contributed by atoms with Gasteiger partial charge in [-0.3, -0.25) is 4.79 Å². The second-order valence-electron chi connectivity index (χ2n) is 6.06. The van der Waals surface area contributed by atoms with Gasteiger partial charge in [-0.1, -0.05) is 34.8 Å². The van der Waals surface area contributed by atoms with E-state index in [2.05, 4.69) is 16.0 Å². The number of rotatable bonds is 2. The first kappa shape index (κ1) is 16.3. The fraction of sp³-hybridized carbons (Fsp3) is 0.353. The van der Waals surface area contributed by atoms with Crippen molar-refractivity contribution >= 4 is 49.1 Å². The minimum absolute atomic E-state index is 0.0397. The minimum Gasteiger partial charge on any atom is -0.375 e. The van der Waals surface area contributed by atoms with Gasteiger partial charge < -0.3 is 15.5 Å². The molecular weight excluding hydrogens is 354 g/mol. The Hall–Kier alpha value is -2.19. The number of hydrogen-bond acceptors (Lipinski definition) is 7. The van der Waals surface area contributed by atoms with Crippen LogP contribution in [-0.4, -0.2) is 47.0 Å². The summed E-state index contributed by atoms with van der Waals surface area (Å²) in [5.41, 5.74) is 7.49. The van der Waals surface area contributed by atoms with Gasteiger partial charge in [-0.05, 0) is 25.5 Å². The molecule has 3 heterocycles. The third-order valence-corrected chi connectivity index (χ3v) is 6.42. The number of aromatic nitrogens is 2. The fourth-order valence-electron chi connectivity index (χ4n) is 3.07. The summed E-state index contributed by atoms with van der Waals surface area (Å²) in [6.07, 6.45) is 0.926. The molecule has 130 valence electrons. The van der Waals surface area contributed by atoms with Gasteiger partial charge in [0.1, 0.15) is 4.88 Å². The molecule has 2 N–H and O–H groups in total. The summed E-state index contributed by atoms with van der Waals surface area (Å²) >= 11 is 2.99. The Kier molecular flexibility index (Phi) is 4.30. The molecule has 0 unspecified atom stereocenters. The average molecular weight is 374 g/mol. The van der Waals surface area contributed by atoms with Gasteiger partial charge in [-0.2, -0.15) is 0 Å². The molecular formula is C17H19N5OS2. The molecule has 2 aromatic heterocycles. The molecule has 4 rings (SSSR count). The normalized spacial score (nSPS) is 15.6. The van der Waals surface area contributed by atoms with Crippen molar-refractivity contribution < 1.29 is 4.79 Å². The van der Waals surface area contributed by atoms with Crippen LogP contribution in [0.4, 0.5) is 10.3 Å². The molecule has 25 heavy (non-hydrogen) atoms. The highest BCUT2D eigenvalue weighted by molar-refractivity contribution is 7.22. The van der Waals surface area contributed by atoms with E-state index in [0.29, 0.717) is 16.6 Å². The fourth-order valence-corrected chi connectivity index (χ4v) is 4.89. The quantitative estimate of drug-likeness (QED) is 0.747. The van der Waals surface area contributed by atoms with Crippen LogP contribution < -0.4 is 10.6 Å². The van der Waals surface area contributed by atoms with Gasteiger partial charge in [0.25, 0.3) is 5.91 Å². The standard InChI is InChI=1S/C17H19N5OS2/c1-11-14(25-16(18)19-11)15(23)21-7-4-8-22(10-9-21)17-20-12-5-2-3-6-13(12)24-17/h2-3,5-6H,4,7-10H2,1H3,(H2,18,19). The SMILES string of the molecule is Cc1nc(N)sc1C(=O)N1CCCN(c2nc3ccccc3s2)CC1. The van der Waals surface area contributed by atoms with Crippen molar-refractivity contribution in [2.24, 2.45) is 0 Å². The van der Waals surface area contributed by atoms with Crippen molar-refractivity contribution in [2.75, 3.05) is 36.8 Å². The molecule has 8 heteroatoms. The van der Waals surface area contributed by atoms with Crippen LogP contribution in [0.25, 0.3) is 10.2 Å². The molecule has 0 aliphatic carbocycles. The van der Waals surface area contributed by atoms with Crippen molar-refractivity contribution in [3.63, 3.8) is 0 Å². The van der Waals surface area contributed by atoms with Gasteiger partial charge in [0.2, 0.25) is 0 Å². The first-order valence-corrected chi connectivity index (χ1v) is 9.88. The summed E-state index contributed by atoms with van der Waals surface area (Å²) in [6.45, 7) is 4.97. The summed E-state index contributed by atoms with van der Waals surface area (Å²) in [7, 11) is 0. The van der Waals surface area contributed by atoms with Crippen LogP contribution >= 0.6 is 22.7 Å². The van der Waals surface area contributed by atoms with E-state index in [0.717, 1.165) is 42.4 Å². The number of nitrogens with zero attached hydrogens (tertiary/aromatic N) is 4. The van der Waals surface area contributed by atoms with Crippen molar-refractivity contribution in [1.29, 1.82) is 0 Å². The molecule has 0 saturated carbocycles. The Morgan fingerprint density at radius 1 is 1.12 bits per heavy atom. The molecule has 3 aromatic rings. The van der Waals surface area contributed by atoms with E-state index in [1.165, 1.54) is 16.0 Å². The minimum atomic E-state index is 0.0397. The largest absolute Gasteiger partial charge is 0.375 e. The van der Waals surface area contributed by atoms with E-state index < -0.39 is 0 Å². The van der Waals surface area contributed by atoms with Gasteiger partial charge in [-0.25, -0.2) is 9.97 Å². The number of para-hydroxylation sites is 1. The maximum Gasteiger partial charge on any atom is 0.265 e. The Morgan fingerprint density at radius 2 is 1.96 bits per heavy atom. The summed E-state index contributed by atoms with van der Waals surface area (Å²) in [4.78, 5) is 26.5. The Labute approximate surface area is 153 Å². The zero-order valence-electron chi connectivity index (χ0n) is 13.9. The number of nitrogen functional groups attached to an aromatic ring is 1. The van der Waals surface area contributed by atoms with Crippen molar-refractivity contribution in [2.45, 2.75) is 13.3 Å². The van der Waals surface area contributed by atoms with E-state index >= 15 is 0 Å². The van der Waals surface area contributed by atoms with Crippen LogP contribution in [-0.2, 0) is 0 Å². The van der Waals surface area contributed by atoms with Crippen LogP contribution in [0.15, 0.2) is 24.3 Å². The number of anilines is 2. The molecule has 0 atom stereocenters. The lowest BCUT2D eigenvalue weighted by Crippen LogP contribution is -2.35. The average Bonchev–Trinajstić information content (AvgIpc) is 3.08. The van der Waals surface area contributed by atoms with E-state index in [9.17, 15) is 4.79 Å². The van der Waals surface area contributed by atoms with Gasteiger partial charge in [-0.15, -0.1) is 0 Å². The summed E-state index contributed by atoms with van der Waals surface area (Å²) in [5.74, 6) is 0.0397. The maximum atomic E-state index is 12.8. The van der Waals surface area contributed by atoms with Crippen LogP contribution in [0, 0.1) is 6.92 Å². The van der Waals surface area contributed by atoms with Crippen LogP contribution in [0.1, 0.15) is 21.8 Å². The highest BCUT2D eigenvalue weighted by Crippen LogP contribution is 2.29. The van der Waals surface area contributed by atoms with Crippen molar-refractivity contribution in [3.8, 4) is 0 Å². The molecule has 1 fully saturated rings. The van der Waals surface area contributed by atoms with Crippen LogP contribution in [0.2, 0.25) is 0 Å². The zero-order chi connectivity index (χ0) is 17.4. The summed E-state index contributed by atoms with van der Waals surface area (Å²) in [5, 5.41) is 1.49. The molecule has 1 aliphatic rings. The monoisotopic (exact) mass is 373 g/mol. The van der Waals surface area contributed by atoms with Gasteiger partial charge in [0, 0.05) is 26.2 Å². The number of fused-ring (bicyclic) bond motifs is 1. The first-order chi connectivity index (χ1) is 12.1. The highest BCUT2D eigenvalue weighted by Gasteiger charge is 2.24. The summed E-state index contributed by atoms with van der Waals surface area (Å²) in [6, 6.07) is 8.19. The van der Waals surface area contributed by atoms with E-state index in [-0.39, 0.29) is 5.91 Å². The number of hydrogen-bond donors (Lipinski definition) is 1. The molecule has 6 nitrogen and oxygen atoms in total. The molecule has 1 saturated heterocycles. The van der Waals surface area contributed by atoms with Crippen LogP contribution in [0.3, 0.4) is 0 Å². The Balaban J connectivity index is 1.50. The number of nitrogens with two attached hydrogens (primary N) is 1. The lowest BCUT2D eigenvalue weighted by atomic mass is 10.3. The number of carbonyl (C=O) groups excluding carboxylic acids is 1. The lowest BCUT2D eigenvalue weighted by molar-refractivity contribution is 0.0771. The predicted octanol–water partition coefficient (Wildman–Crippen LogP) is 3.00. The van der Waals surface area contributed by atoms with Gasteiger partial charge in [0.15, 0.2) is 10.3 Å². The first-order valence-electron chi connectivity index (χ1n) is 8.24. The molecule has 1 aliphatic heterocycles. The third kappa shape index (κ3) is 3.19. The molecule has 0 spiro atoms. The number of carbonyl (C=O) groups is 1. The Morgan fingerprint density at radius 3 is 2.72 bits per heavy atom. The molecule has 1 aromatic carbocycles. The van der Waals surface area contributed by atoms with E-state index in [1.807, 2.05) is 30.0 Å². The smallest absolute Gasteiger partial charge is 0.265 e. The maximum absolute atomic E-state index is 12.8. The number of benzene rings is 1. The topological polar surface area (TPSA) is 75.3 Å². The number of aryl methyl sites for hydroxylation is 1. The van der Waals surface area contributed by atoms with Gasteiger partial charge in [0.05, 0.1) is 15.9 Å². The lowest BCUT2D eigenvalue weighted by Gasteiger charge is -2.21. The van der Waals surface area contributed by atoms with Crippen molar-refractivity contribution in [1.82, 2.24) is 14.9 Å². The van der Waals surface area contributed by atoms with Crippen LogP contribution in [0.5, 0.6) is 0 Å². The molecule has 0 radical (unpaired) electrons.